The summed E-state index contributed by atoms with van der Waals surface area (Å²) >= 11 is 0. The van der Waals surface area contributed by atoms with E-state index in [1.54, 1.807) is 0 Å². The van der Waals surface area contributed by atoms with Crippen LogP contribution < -0.4 is 9.80 Å². The third-order valence-corrected chi connectivity index (χ3v) is 5.72. The number of benzene rings is 1. The first-order chi connectivity index (χ1) is 14.1. The molecule has 0 saturated carbocycles. The highest BCUT2D eigenvalue weighted by atomic mass is 19.1. The smallest absolute Gasteiger partial charge is 0.227 e. The molecule has 6 nitrogen and oxygen atoms in total. The van der Waals surface area contributed by atoms with Crippen LogP contribution in [-0.4, -0.2) is 67.4 Å². The van der Waals surface area contributed by atoms with Gasteiger partial charge in [-0.2, -0.15) is 4.98 Å². The number of halogens is 2. The maximum Gasteiger partial charge on any atom is 0.227 e. The van der Waals surface area contributed by atoms with Gasteiger partial charge in [0.25, 0.3) is 0 Å². The van der Waals surface area contributed by atoms with E-state index in [2.05, 4.69) is 26.7 Å². The number of rotatable bonds is 5. The SMILES string of the molecule is CN(c1ccnc(N2CCOCC2)n1)C1CCN(Cc2cc(F)cc(F)c2)CC1. The standard InChI is InChI=1S/C21H27F2N5O/c1-26(20-2-5-24-21(25-20)28-8-10-29-11-9-28)19-3-6-27(7-4-19)15-16-12-17(22)14-18(23)13-16/h2,5,12-14,19H,3-4,6-11,15H2,1H3. The first-order valence-electron chi connectivity index (χ1n) is 10.1. The van der Waals surface area contributed by atoms with E-state index in [1.165, 1.54) is 12.1 Å². The lowest BCUT2D eigenvalue weighted by atomic mass is 10.0. The number of piperidine rings is 1. The largest absolute Gasteiger partial charge is 0.378 e. The van der Waals surface area contributed by atoms with E-state index < -0.39 is 11.6 Å². The molecule has 0 N–H and O–H groups in total. The zero-order valence-electron chi connectivity index (χ0n) is 16.7. The number of ether oxygens (including phenoxy) is 1. The van der Waals surface area contributed by atoms with Crippen molar-refractivity contribution in [3.63, 3.8) is 0 Å². The summed E-state index contributed by atoms with van der Waals surface area (Å²) in [6, 6.07) is 6.07. The van der Waals surface area contributed by atoms with Crippen LogP contribution >= 0.6 is 0 Å². The summed E-state index contributed by atoms with van der Waals surface area (Å²) in [6.45, 7) is 5.37. The van der Waals surface area contributed by atoms with Gasteiger partial charge in [0.1, 0.15) is 17.5 Å². The Balaban J connectivity index is 1.34. The molecule has 0 spiro atoms. The van der Waals surface area contributed by atoms with Crippen LogP contribution in [0.5, 0.6) is 0 Å². The average molecular weight is 403 g/mol. The molecule has 2 aliphatic rings. The van der Waals surface area contributed by atoms with Gasteiger partial charge in [0.15, 0.2) is 0 Å². The maximum absolute atomic E-state index is 13.4. The predicted octanol–water partition coefficient (Wildman–Crippen LogP) is 2.69. The van der Waals surface area contributed by atoms with Crippen LogP contribution in [0.1, 0.15) is 18.4 Å². The van der Waals surface area contributed by atoms with Gasteiger partial charge in [-0.25, -0.2) is 13.8 Å². The van der Waals surface area contributed by atoms with Gasteiger partial charge in [0, 0.05) is 58.1 Å². The molecule has 1 aromatic heterocycles. The predicted molar refractivity (Wildman–Crippen MR) is 108 cm³/mol. The van der Waals surface area contributed by atoms with E-state index in [0.717, 1.165) is 56.9 Å². The fourth-order valence-electron chi connectivity index (χ4n) is 4.06. The molecule has 4 rings (SSSR count). The van der Waals surface area contributed by atoms with Gasteiger partial charge in [0.05, 0.1) is 13.2 Å². The summed E-state index contributed by atoms with van der Waals surface area (Å²) in [5, 5.41) is 0. The first kappa shape index (κ1) is 20.0. The highest BCUT2D eigenvalue weighted by Gasteiger charge is 2.24. The molecule has 2 aromatic rings. The minimum Gasteiger partial charge on any atom is -0.378 e. The molecule has 0 radical (unpaired) electrons. The Morgan fingerprint density at radius 3 is 2.45 bits per heavy atom. The fraction of sp³-hybridized carbons (Fsp3) is 0.524. The van der Waals surface area contributed by atoms with E-state index in [4.69, 9.17) is 9.72 Å². The van der Waals surface area contributed by atoms with Crippen molar-refractivity contribution in [1.82, 2.24) is 14.9 Å². The number of hydrogen-bond acceptors (Lipinski definition) is 6. The fourth-order valence-corrected chi connectivity index (χ4v) is 4.06. The van der Waals surface area contributed by atoms with Crippen LogP contribution in [-0.2, 0) is 11.3 Å². The van der Waals surface area contributed by atoms with Crippen molar-refractivity contribution >= 4 is 11.8 Å². The highest BCUT2D eigenvalue weighted by Crippen LogP contribution is 2.23. The molecule has 8 heteroatoms. The van der Waals surface area contributed by atoms with Crippen LogP contribution in [0.4, 0.5) is 20.5 Å². The lowest BCUT2D eigenvalue weighted by Crippen LogP contribution is -2.43. The monoisotopic (exact) mass is 403 g/mol. The van der Waals surface area contributed by atoms with Gasteiger partial charge in [0.2, 0.25) is 5.95 Å². The Kier molecular flexibility index (Phi) is 6.20. The lowest BCUT2D eigenvalue weighted by molar-refractivity contribution is 0.122. The third kappa shape index (κ3) is 5.00. The van der Waals surface area contributed by atoms with E-state index in [1.807, 2.05) is 12.3 Å². The minimum atomic E-state index is -0.519. The van der Waals surface area contributed by atoms with Crippen molar-refractivity contribution in [2.24, 2.45) is 0 Å². The van der Waals surface area contributed by atoms with Crippen LogP contribution in [0.25, 0.3) is 0 Å². The van der Waals surface area contributed by atoms with Gasteiger partial charge < -0.3 is 14.5 Å². The Morgan fingerprint density at radius 2 is 1.76 bits per heavy atom. The van der Waals surface area contributed by atoms with Crippen LogP contribution in [0.2, 0.25) is 0 Å². The van der Waals surface area contributed by atoms with Crippen LogP contribution in [0.15, 0.2) is 30.5 Å². The minimum absolute atomic E-state index is 0.378. The number of likely N-dealkylation sites (tertiary alicyclic amines) is 1. The highest BCUT2D eigenvalue weighted by molar-refractivity contribution is 5.44. The molecule has 0 amide bonds. The Morgan fingerprint density at radius 1 is 1.07 bits per heavy atom. The molecule has 2 saturated heterocycles. The molecule has 29 heavy (non-hydrogen) atoms. The second kappa shape index (κ2) is 9.00. The van der Waals surface area contributed by atoms with E-state index in [-0.39, 0.29) is 0 Å². The Hall–Kier alpha value is -2.32. The summed E-state index contributed by atoms with van der Waals surface area (Å²) in [4.78, 5) is 15.8. The Labute approximate surface area is 170 Å². The molecule has 0 atom stereocenters. The summed E-state index contributed by atoms with van der Waals surface area (Å²) in [5.74, 6) is 0.638. The summed E-state index contributed by atoms with van der Waals surface area (Å²) in [7, 11) is 2.08. The van der Waals surface area contributed by atoms with Gasteiger partial charge in [-0.05, 0) is 36.6 Å². The molecular weight excluding hydrogens is 376 g/mol. The van der Waals surface area contributed by atoms with Gasteiger partial charge in [-0.3, -0.25) is 4.90 Å². The van der Waals surface area contributed by atoms with Crippen molar-refractivity contribution in [2.75, 3.05) is 56.2 Å². The van der Waals surface area contributed by atoms with Crippen molar-refractivity contribution in [1.29, 1.82) is 0 Å². The summed E-state index contributed by atoms with van der Waals surface area (Å²) < 4.78 is 32.2. The zero-order valence-corrected chi connectivity index (χ0v) is 16.7. The normalized spacial score (nSPS) is 18.8. The molecule has 1 aromatic carbocycles. The van der Waals surface area contributed by atoms with E-state index in [9.17, 15) is 8.78 Å². The third-order valence-electron chi connectivity index (χ3n) is 5.72. The van der Waals surface area contributed by atoms with Crippen molar-refractivity contribution in [3.8, 4) is 0 Å². The molecule has 2 fully saturated rings. The molecule has 0 unspecified atom stereocenters. The quantitative estimate of drug-likeness (QED) is 0.765. The molecule has 3 heterocycles. The first-order valence-corrected chi connectivity index (χ1v) is 10.1. The van der Waals surface area contributed by atoms with Crippen molar-refractivity contribution < 1.29 is 13.5 Å². The van der Waals surface area contributed by atoms with E-state index >= 15 is 0 Å². The van der Waals surface area contributed by atoms with Crippen molar-refractivity contribution in [2.45, 2.75) is 25.4 Å². The number of hydrogen-bond donors (Lipinski definition) is 0. The molecule has 2 aliphatic heterocycles. The molecule has 0 bridgehead atoms. The number of aromatic nitrogens is 2. The van der Waals surface area contributed by atoms with Crippen LogP contribution in [0.3, 0.4) is 0 Å². The lowest BCUT2D eigenvalue weighted by Gasteiger charge is -2.37. The maximum atomic E-state index is 13.4. The van der Waals surface area contributed by atoms with Gasteiger partial charge in [-0.15, -0.1) is 0 Å². The van der Waals surface area contributed by atoms with Gasteiger partial charge in [-0.1, -0.05) is 0 Å². The van der Waals surface area contributed by atoms with Crippen LogP contribution in [0, 0.1) is 11.6 Å². The van der Waals surface area contributed by atoms with E-state index in [0.29, 0.717) is 31.4 Å². The molecule has 156 valence electrons. The number of anilines is 2. The number of morpholine rings is 1. The zero-order chi connectivity index (χ0) is 20.2. The average Bonchev–Trinajstić information content (AvgIpc) is 2.74. The summed E-state index contributed by atoms with van der Waals surface area (Å²) in [6.07, 6.45) is 3.77. The summed E-state index contributed by atoms with van der Waals surface area (Å²) in [5.41, 5.74) is 0.681. The van der Waals surface area contributed by atoms with Crippen molar-refractivity contribution in [3.05, 3.63) is 47.7 Å². The second-order valence-corrected chi connectivity index (χ2v) is 7.71. The van der Waals surface area contributed by atoms with Gasteiger partial charge >= 0.3 is 0 Å². The Bertz CT molecular complexity index is 802. The topological polar surface area (TPSA) is 44.7 Å². The second-order valence-electron chi connectivity index (χ2n) is 7.71. The molecule has 0 aliphatic carbocycles. The molecular formula is C21H27F2N5O. The number of nitrogens with zero attached hydrogens (tertiary/aromatic N) is 5.